The zero-order valence-electron chi connectivity index (χ0n) is 19.0. The molecule has 0 amide bonds. The molecule has 4 rings (SSSR count). The Labute approximate surface area is 201 Å². The molecule has 0 aliphatic rings. The summed E-state index contributed by atoms with van der Waals surface area (Å²) in [6.07, 6.45) is 3.03. The molecule has 0 aliphatic heterocycles. The van der Waals surface area contributed by atoms with Crippen molar-refractivity contribution in [2.45, 2.75) is 33.1 Å². The van der Waals surface area contributed by atoms with Crippen molar-refractivity contribution in [1.82, 2.24) is 9.97 Å². The Morgan fingerprint density at radius 3 is 2.62 bits per heavy atom. The first-order valence-corrected chi connectivity index (χ1v) is 11.8. The number of carboxylic acid groups (broad SMARTS) is 1. The molecule has 2 aromatic carbocycles. The molecule has 2 aromatic heterocycles. The first-order valence-electron chi connectivity index (χ1n) is 11.0. The topological polar surface area (TPSA) is 72.3 Å². The fraction of sp³-hybridized carbons (Fsp3) is 0.222. The second kappa shape index (κ2) is 10.6. The minimum absolute atomic E-state index is 0.119. The third kappa shape index (κ3) is 5.66. The molecule has 0 fully saturated rings. The summed E-state index contributed by atoms with van der Waals surface area (Å²) in [4.78, 5) is 21.1. The van der Waals surface area contributed by atoms with Crippen LogP contribution in [0.25, 0.3) is 21.8 Å². The summed E-state index contributed by atoms with van der Waals surface area (Å²) in [5.41, 5.74) is 4.99. The lowest BCUT2D eigenvalue weighted by molar-refractivity contribution is -0.136. The zero-order chi connectivity index (χ0) is 24.1. The van der Waals surface area contributed by atoms with Crippen molar-refractivity contribution in [3.05, 3.63) is 88.3 Å². The standard InChI is InChI=1S/C27H25FN2O3S/c1-17-15-21(10-7-19(17)9-12-26(31)32)33-14-13-24-18(2)34-27(30-24)20-8-11-25(29-16-20)22-5-3-4-6-23(22)28/h3-8,10-11,15-16H,9,12-14H2,1-2H3,(H,31,32). The van der Waals surface area contributed by atoms with Gasteiger partial charge in [0.1, 0.15) is 16.6 Å². The van der Waals surface area contributed by atoms with Crippen molar-refractivity contribution in [1.29, 1.82) is 0 Å². The molecule has 0 aliphatic carbocycles. The van der Waals surface area contributed by atoms with Crippen molar-refractivity contribution in [3.63, 3.8) is 0 Å². The molecule has 7 heteroatoms. The molecule has 0 unspecified atom stereocenters. The molecule has 2 heterocycles. The highest BCUT2D eigenvalue weighted by molar-refractivity contribution is 7.15. The monoisotopic (exact) mass is 476 g/mol. The van der Waals surface area contributed by atoms with Gasteiger partial charge >= 0.3 is 5.97 Å². The van der Waals surface area contributed by atoms with Gasteiger partial charge in [0.25, 0.3) is 0 Å². The Morgan fingerprint density at radius 2 is 1.91 bits per heavy atom. The predicted octanol–water partition coefficient (Wildman–Crippen LogP) is 6.27. The number of aryl methyl sites for hydroxylation is 3. The Balaban J connectivity index is 1.38. The van der Waals surface area contributed by atoms with Crippen molar-refractivity contribution in [2.75, 3.05) is 6.61 Å². The van der Waals surface area contributed by atoms with E-state index in [1.807, 2.05) is 44.2 Å². The van der Waals surface area contributed by atoms with Gasteiger partial charge in [0.15, 0.2) is 0 Å². The van der Waals surface area contributed by atoms with E-state index in [1.165, 1.54) is 6.07 Å². The van der Waals surface area contributed by atoms with E-state index in [0.29, 0.717) is 30.7 Å². The van der Waals surface area contributed by atoms with Gasteiger partial charge in [-0.15, -0.1) is 11.3 Å². The second-order valence-electron chi connectivity index (χ2n) is 8.01. The van der Waals surface area contributed by atoms with Gasteiger partial charge in [-0.1, -0.05) is 18.2 Å². The first kappa shape index (κ1) is 23.6. The van der Waals surface area contributed by atoms with Gasteiger partial charge in [0.2, 0.25) is 0 Å². The number of nitrogens with zero attached hydrogens (tertiary/aromatic N) is 2. The number of aromatic nitrogens is 2. The number of aliphatic carboxylic acids is 1. The molecule has 34 heavy (non-hydrogen) atoms. The van der Waals surface area contributed by atoms with Crippen LogP contribution in [0.5, 0.6) is 5.75 Å². The minimum atomic E-state index is -0.797. The minimum Gasteiger partial charge on any atom is -0.493 e. The van der Waals surface area contributed by atoms with Gasteiger partial charge in [-0.05, 0) is 67.8 Å². The highest BCUT2D eigenvalue weighted by atomic mass is 32.1. The fourth-order valence-electron chi connectivity index (χ4n) is 3.68. The van der Waals surface area contributed by atoms with E-state index in [2.05, 4.69) is 4.98 Å². The predicted molar refractivity (Wildman–Crippen MR) is 132 cm³/mol. The summed E-state index contributed by atoms with van der Waals surface area (Å²) < 4.78 is 19.9. The molecule has 1 N–H and O–H groups in total. The van der Waals surface area contributed by atoms with Gasteiger partial charge in [0.05, 0.1) is 18.0 Å². The van der Waals surface area contributed by atoms with E-state index in [0.717, 1.165) is 38.0 Å². The summed E-state index contributed by atoms with van der Waals surface area (Å²) in [5.74, 6) is -0.326. The Bertz CT molecular complexity index is 1300. The lowest BCUT2D eigenvalue weighted by Crippen LogP contribution is -2.04. The van der Waals surface area contributed by atoms with E-state index >= 15 is 0 Å². The summed E-state index contributed by atoms with van der Waals surface area (Å²) in [6.45, 7) is 4.49. The summed E-state index contributed by atoms with van der Waals surface area (Å²) >= 11 is 1.60. The number of hydrogen-bond donors (Lipinski definition) is 1. The number of ether oxygens (including phenoxy) is 1. The van der Waals surface area contributed by atoms with Crippen molar-refractivity contribution in [3.8, 4) is 27.6 Å². The maximum Gasteiger partial charge on any atom is 0.303 e. The maximum absolute atomic E-state index is 14.0. The van der Waals surface area contributed by atoms with Crippen LogP contribution in [0.15, 0.2) is 60.8 Å². The van der Waals surface area contributed by atoms with Crippen molar-refractivity contribution >= 4 is 17.3 Å². The number of carbonyl (C=O) groups is 1. The number of pyridine rings is 1. The molecule has 0 bridgehead atoms. The van der Waals surface area contributed by atoms with Crippen molar-refractivity contribution < 1.29 is 19.0 Å². The fourth-order valence-corrected chi connectivity index (χ4v) is 4.63. The van der Waals surface area contributed by atoms with E-state index in [4.69, 9.17) is 14.8 Å². The van der Waals surface area contributed by atoms with Gasteiger partial charge in [-0.3, -0.25) is 9.78 Å². The number of benzene rings is 2. The average molecular weight is 477 g/mol. The summed E-state index contributed by atoms with van der Waals surface area (Å²) in [6, 6.07) is 16.1. The van der Waals surface area contributed by atoms with Crippen LogP contribution in [0.3, 0.4) is 0 Å². The molecule has 0 saturated carbocycles. The SMILES string of the molecule is Cc1cc(OCCc2nc(-c3ccc(-c4ccccc4F)nc3)sc2C)ccc1CCC(=O)O. The highest BCUT2D eigenvalue weighted by Gasteiger charge is 2.12. The number of thiazole rings is 1. The van der Waals surface area contributed by atoms with Crippen LogP contribution in [-0.4, -0.2) is 27.7 Å². The molecule has 0 spiro atoms. The largest absolute Gasteiger partial charge is 0.493 e. The van der Waals surface area contributed by atoms with E-state index < -0.39 is 5.97 Å². The van der Waals surface area contributed by atoms with Crippen LogP contribution in [0.1, 0.15) is 28.1 Å². The van der Waals surface area contributed by atoms with Gasteiger partial charge in [-0.25, -0.2) is 9.37 Å². The summed E-state index contributed by atoms with van der Waals surface area (Å²) in [5, 5.41) is 9.74. The van der Waals surface area contributed by atoms with E-state index in [1.54, 1.807) is 35.7 Å². The van der Waals surface area contributed by atoms with Crippen LogP contribution < -0.4 is 4.74 Å². The van der Waals surface area contributed by atoms with Crippen LogP contribution >= 0.6 is 11.3 Å². The first-order chi connectivity index (χ1) is 16.4. The van der Waals surface area contributed by atoms with E-state index in [-0.39, 0.29) is 12.2 Å². The molecule has 4 aromatic rings. The Kier molecular flexibility index (Phi) is 7.33. The third-order valence-corrected chi connectivity index (χ3v) is 6.64. The average Bonchev–Trinajstić information content (AvgIpc) is 3.19. The lowest BCUT2D eigenvalue weighted by Gasteiger charge is -2.09. The molecule has 0 saturated heterocycles. The van der Waals surface area contributed by atoms with Crippen molar-refractivity contribution in [2.24, 2.45) is 0 Å². The van der Waals surface area contributed by atoms with E-state index in [9.17, 15) is 9.18 Å². The van der Waals surface area contributed by atoms with Crippen LogP contribution in [-0.2, 0) is 17.6 Å². The number of carboxylic acids is 1. The van der Waals surface area contributed by atoms with Crippen LogP contribution in [0.4, 0.5) is 4.39 Å². The molecular formula is C27H25FN2O3S. The number of hydrogen-bond acceptors (Lipinski definition) is 5. The van der Waals surface area contributed by atoms with Gasteiger partial charge < -0.3 is 9.84 Å². The van der Waals surface area contributed by atoms with Gasteiger partial charge in [-0.2, -0.15) is 0 Å². The Hall–Kier alpha value is -3.58. The molecule has 5 nitrogen and oxygen atoms in total. The van der Waals surface area contributed by atoms with Crippen LogP contribution in [0, 0.1) is 19.7 Å². The third-order valence-electron chi connectivity index (χ3n) is 5.58. The molecule has 0 radical (unpaired) electrons. The zero-order valence-corrected chi connectivity index (χ0v) is 19.9. The summed E-state index contributed by atoms with van der Waals surface area (Å²) in [7, 11) is 0. The maximum atomic E-state index is 14.0. The van der Waals surface area contributed by atoms with Crippen LogP contribution in [0.2, 0.25) is 0 Å². The quantitative estimate of drug-likeness (QED) is 0.308. The Morgan fingerprint density at radius 1 is 1.09 bits per heavy atom. The number of halogens is 1. The molecular weight excluding hydrogens is 451 g/mol. The highest BCUT2D eigenvalue weighted by Crippen LogP contribution is 2.29. The number of rotatable bonds is 9. The molecule has 174 valence electrons. The van der Waals surface area contributed by atoms with Gasteiger partial charge in [0, 0.05) is 35.0 Å². The lowest BCUT2D eigenvalue weighted by atomic mass is 10.0. The smallest absolute Gasteiger partial charge is 0.303 e. The second-order valence-corrected chi connectivity index (χ2v) is 9.22. The molecule has 0 atom stereocenters. The normalized spacial score (nSPS) is 10.9.